The quantitative estimate of drug-likeness (QED) is 0.256. The summed E-state index contributed by atoms with van der Waals surface area (Å²) in [6.45, 7) is 0.862. The molecular weight excluding hydrogens is 450 g/mol. The minimum atomic E-state index is -0.132. The van der Waals surface area contributed by atoms with E-state index in [1.165, 1.54) is 0 Å². The van der Waals surface area contributed by atoms with Gasteiger partial charge in [-0.25, -0.2) is 4.98 Å². The molecule has 174 valence electrons. The van der Waals surface area contributed by atoms with E-state index in [0.29, 0.717) is 47.7 Å². The summed E-state index contributed by atoms with van der Waals surface area (Å²) in [5.41, 5.74) is 1.62. The number of pyridine rings is 2. The SMILES string of the molecule is O=C(CCCCCn1c(=S)[nH]c2ccccc2c1=O)Nc1ncccc1OCc1ccncc1. The van der Waals surface area contributed by atoms with Crippen LogP contribution >= 0.6 is 12.2 Å². The van der Waals surface area contributed by atoms with Crippen molar-refractivity contribution in [2.75, 3.05) is 5.32 Å². The van der Waals surface area contributed by atoms with Crippen molar-refractivity contribution in [2.45, 2.75) is 38.8 Å². The summed E-state index contributed by atoms with van der Waals surface area (Å²) in [7, 11) is 0. The average Bonchev–Trinajstić information content (AvgIpc) is 2.85. The van der Waals surface area contributed by atoms with E-state index in [-0.39, 0.29) is 11.5 Å². The van der Waals surface area contributed by atoms with Crippen molar-refractivity contribution >= 4 is 34.8 Å². The number of carbonyl (C=O) groups is 1. The van der Waals surface area contributed by atoms with E-state index in [1.54, 1.807) is 41.4 Å². The molecule has 0 aliphatic heterocycles. The third kappa shape index (κ3) is 5.93. The molecule has 0 aliphatic carbocycles. The van der Waals surface area contributed by atoms with E-state index in [9.17, 15) is 9.59 Å². The second kappa shape index (κ2) is 11.3. The molecule has 0 saturated carbocycles. The van der Waals surface area contributed by atoms with Gasteiger partial charge in [0, 0.05) is 31.6 Å². The van der Waals surface area contributed by atoms with Gasteiger partial charge in [-0.3, -0.25) is 19.1 Å². The Hall–Kier alpha value is -3.85. The minimum Gasteiger partial charge on any atom is -0.485 e. The number of benzene rings is 1. The molecule has 0 radical (unpaired) electrons. The van der Waals surface area contributed by atoms with Crippen LogP contribution in [0.25, 0.3) is 10.9 Å². The lowest BCUT2D eigenvalue weighted by Crippen LogP contribution is -2.22. The third-order valence-corrected chi connectivity index (χ3v) is 5.67. The van der Waals surface area contributed by atoms with Crippen LogP contribution in [0.15, 0.2) is 71.9 Å². The van der Waals surface area contributed by atoms with Gasteiger partial charge < -0.3 is 15.0 Å². The Balaban J connectivity index is 1.25. The monoisotopic (exact) mass is 475 g/mol. The second-order valence-corrected chi connectivity index (χ2v) is 8.17. The number of ether oxygens (including phenoxy) is 1. The Morgan fingerprint density at radius 3 is 2.71 bits per heavy atom. The van der Waals surface area contributed by atoms with Crippen LogP contribution in [0.5, 0.6) is 5.75 Å². The molecule has 0 atom stereocenters. The number of fused-ring (bicyclic) bond motifs is 1. The van der Waals surface area contributed by atoms with Crippen LogP contribution in [-0.4, -0.2) is 25.4 Å². The van der Waals surface area contributed by atoms with Crippen LogP contribution in [0, 0.1) is 4.77 Å². The number of unbranched alkanes of at least 4 members (excludes halogenated alkanes) is 2. The van der Waals surface area contributed by atoms with Gasteiger partial charge in [0.1, 0.15) is 6.61 Å². The summed E-state index contributed by atoms with van der Waals surface area (Å²) in [5, 5.41) is 3.45. The predicted octanol–water partition coefficient (Wildman–Crippen LogP) is 4.63. The Morgan fingerprint density at radius 1 is 1.03 bits per heavy atom. The maximum Gasteiger partial charge on any atom is 0.262 e. The lowest BCUT2D eigenvalue weighted by Gasteiger charge is -2.11. The smallest absolute Gasteiger partial charge is 0.262 e. The first-order chi connectivity index (χ1) is 16.6. The molecule has 9 heteroatoms. The molecule has 0 bridgehead atoms. The minimum absolute atomic E-state index is 0.0912. The highest BCUT2D eigenvalue weighted by molar-refractivity contribution is 7.71. The molecular formula is C25H25N5O3S. The number of anilines is 1. The molecule has 0 saturated heterocycles. The number of aromatic nitrogens is 4. The van der Waals surface area contributed by atoms with Crippen molar-refractivity contribution in [2.24, 2.45) is 0 Å². The van der Waals surface area contributed by atoms with E-state index >= 15 is 0 Å². The molecule has 1 amide bonds. The predicted molar refractivity (Wildman–Crippen MR) is 133 cm³/mol. The molecule has 4 rings (SSSR count). The van der Waals surface area contributed by atoms with Crippen molar-refractivity contribution in [3.8, 4) is 5.75 Å². The van der Waals surface area contributed by atoms with Crippen LogP contribution in [0.2, 0.25) is 0 Å². The molecule has 8 nitrogen and oxygen atoms in total. The van der Waals surface area contributed by atoms with Gasteiger partial charge in [0.15, 0.2) is 16.3 Å². The number of amides is 1. The number of hydrogen-bond donors (Lipinski definition) is 2. The van der Waals surface area contributed by atoms with Gasteiger partial charge in [-0.05, 0) is 67.0 Å². The molecule has 4 aromatic rings. The summed E-state index contributed by atoms with van der Waals surface area (Å²) < 4.78 is 7.81. The zero-order valence-electron chi connectivity index (χ0n) is 18.6. The molecule has 1 aromatic carbocycles. The number of rotatable bonds is 10. The zero-order valence-corrected chi connectivity index (χ0v) is 19.4. The van der Waals surface area contributed by atoms with Gasteiger partial charge >= 0.3 is 0 Å². The number of aromatic amines is 1. The number of nitrogens with one attached hydrogen (secondary N) is 2. The van der Waals surface area contributed by atoms with Crippen molar-refractivity contribution in [1.29, 1.82) is 0 Å². The van der Waals surface area contributed by atoms with E-state index in [2.05, 4.69) is 20.3 Å². The van der Waals surface area contributed by atoms with Crippen LogP contribution in [0.4, 0.5) is 5.82 Å². The van der Waals surface area contributed by atoms with Gasteiger partial charge in [-0.1, -0.05) is 18.6 Å². The lowest BCUT2D eigenvalue weighted by atomic mass is 10.2. The summed E-state index contributed by atoms with van der Waals surface area (Å²) in [5.74, 6) is 0.778. The average molecular weight is 476 g/mol. The molecule has 34 heavy (non-hydrogen) atoms. The van der Waals surface area contributed by atoms with Gasteiger partial charge in [-0.15, -0.1) is 0 Å². The highest BCUT2D eigenvalue weighted by atomic mass is 32.1. The highest BCUT2D eigenvalue weighted by Crippen LogP contribution is 2.22. The standard InChI is InChI=1S/C25H25N5O3S/c31-22(29-23-21(9-6-13-27-23)33-17-18-11-14-26-15-12-18)10-2-1-5-16-30-24(32)19-7-3-4-8-20(19)28-25(30)34/h3-4,6-9,11-15H,1-2,5,10,16-17H2,(H,28,34)(H,27,29,31). The topological polar surface area (TPSA) is 102 Å². The highest BCUT2D eigenvalue weighted by Gasteiger charge is 2.10. The van der Waals surface area contributed by atoms with Crippen molar-refractivity contribution in [1.82, 2.24) is 19.5 Å². The summed E-state index contributed by atoms with van der Waals surface area (Å²) >= 11 is 5.35. The summed E-state index contributed by atoms with van der Waals surface area (Å²) in [6.07, 6.45) is 7.58. The van der Waals surface area contributed by atoms with Gasteiger partial charge in [0.05, 0.1) is 10.9 Å². The molecule has 2 N–H and O–H groups in total. The summed E-state index contributed by atoms with van der Waals surface area (Å²) in [4.78, 5) is 36.5. The number of hydrogen-bond acceptors (Lipinski definition) is 6. The van der Waals surface area contributed by atoms with Crippen molar-refractivity contribution in [3.63, 3.8) is 0 Å². The normalized spacial score (nSPS) is 10.8. The maximum atomic E-state index is 12.7. The zero-order chi connectivity index (χ0) is 23.8. The first-order valence-electron chi connectivity index (χ1n) is 11.1. The van der Waals surface area contributed by atoms with E-state index < -0.39 is 0 Å². The van der Waals surface area contributed by atoms with Crippen LogP contribution in [0.3, 0.4) is 0 Å². The third-order valence-electron chi connectivity index (χ3n) is 5.35. The van der Waals surface area contributed by atoms with Crippen LogP contribution < -0.4 is 15.6 Å². The Bertz CT molecular complexity index is 1380. The van der Waals surface area contributed by atoms with Crippen molar-refractivity contribution < 1.29 is 9.53 Å². The van der Waals surface area contributed by atoms with E-state index in [0.717, 1.165) is 23.9 Å². The molecule has 0 fully saturated rings. The number of nitrogens with zero attached hydrogens (tertiary/aromatic N) is 3. The first kappa shape index (κ1) is 23.3. The second-order valence-electron chi connectivity index (χ2n) is 7.79. The number of H-pyrrole nitrogens is 1. The lowest BCUT2D eigenvalue weighted by molar-refractivity contribution is -0.116. The van der Waals surface area contributed by atoms with Gasteiger partial charge in [0.25, 0.3) is 5.56 Å². The largest absolute Gasteiger partial charge is 0.485 e. The molecule has 0 aliphatic rings. The number of para-hydroxylation sites is 1. The van der Waals surface area contributed by atoms with Crippen molar-refractivity contribution in [3.05, 3.63) is 87.8 Å². The molecule has 3 aromatic heterocycles. The summed E-state index contributed by atoms with van der Waals surface area (Å²) in [6, 6.07) is 14.6. The molecule has 3 heterocycles. The van der Waals surface area contributed by atoms with Crippen LogP contribution in [-0.2, 0) is 17.9 Å². The first-order valence-corrected chi connectivity index (χ1v) is 11.5. The van der Waals surface area contributed by atoms with Gasteiger partial charge in [-0.2, -0.15) is 0 Å². The Kier molecular flexibility index (Phi) is 7.77. The fraction of sp³-hybridized carbons (Fsp3) is 0.240. The fourth-order valence-electron chi connectivity index (χ4n) is 3.57. The molecule has 0 spiro atoms. The van der Waals surface area contributed by atoms with E-state index in [1.807, 2.05) is 30.3 Å². The van der Waals surface area contributed by atoms with E-state index in [4.69, 9.17) is 17.0 Å². The Labute approximate surface area is 201 Å². The maximum absolute atomic E-state index is 12.7. The molecule has 0 unspecified atom stereocenters. The fourth-order valence-corrected chi connectivity index (χ4v) is 3.85. The van der Waals surface area contributed by atoms with Crippen LogP contribution in [0.1, 0.15) is 31.2 Å². The number of carbonyl (C=O) groups excluding carboxylic acids is 1. The van der Waals surface area contributed by atoms with Gasteiger partial charge in [0.2, 0.25) is 5.91 Å². The Morgan fingerprint density at radius 2 is 1.85 bits per heavy atom.